The fraction of sp³-hybridized carbons (Fsp3) is 0.136. The summed E-state index contributed by atoms with van der Waals surface area (Å²) in [5.74, 6) is 0.708. The van der Waals surface area contributed by atoms with Crippen LogP contribution in [0.15, 0.2) is 73.3 Å². The highest BCUT2D eigenvalue weighted by Crippen LogP contribution is 2.22. The monoisotopic (exact) mass is 387 g/mol. The van der Waals surface area contributed by atoms with E-state index in [9.17, 15) is 4.79 Å². The molecule has 0 aliphatic heterocycles. The topological polar surface area (TPSA) is 84.8 Å². The lowest BCUT2D eigenvalue weighted by molar-refractivity contribution is -0.122. The highest BCUT2D eigenvalue weighted by molar-refractivity contribution is 5.92. The van der Waals surface area contributed by atoms with E-state index >= 15 is 0 Å². The minimum absolute atomic E-state index is 0.284. The van der Waals surface area contributed by atoms with Crippen LogP contribution in [0.2, 0.25) is 0 Å². The summed E-state index contributed by atoms with van der Waals surface area (Å²) in [6.07, 6.45) is 4.71. The van der Waals surface area contributed by atoms with Gasteiger partial charge in [0.1, 0.15) is 5.75 Å². The number of hydrogen-bond donors (Lipinski definition) is 2. The van der Waals surface area contributed by atoms with Crippen molar-refractivity contribution in [2.45, 2.75) is 13.0 Å². The number of ether oxygens (including phenoxy) is 1. The summed E-state index contributed by atoms with van der Waals surface area (Å²) in [6.45, 7) is 1.70. The van der Waals surface area contributed by atoms with Gasteiger partial charge in [-0.1, -0.05) is 30.3 Å². The van der Waals surface area contributed by atoms with Gasteiger partial charge in [-0.3, -0.25) is 10.1 Å². The molecular formula is C22H21N5O2. The number of H-pyrrole nitrogens is 1. The lowest BCUT2D eigenvalue weighted by Crippen LogP contribution is -2.30. The number of anilines is 1. The van der Waals surface area contributed by atoms with Crippen LogP contribution in [0.5, 0.6) is 5.75 Å². The Labute approximate surface area is 168 Å². The lowest BCUT2D eigenvalue weighted by atomic mass is 10.1. The predicted octanol–water partition coefficient (Wildman–Crippen LogP) is 3.88. The Bertz CT molecular complexity index is 1100. The Balaban J connectivity index is 1.37. The van der Waals surface area contributed by atoms with Crippen molar-refractivity contribution in [3.05, 3.63) is 73.3 Å². The zero-order valence-corrected chi connectivity index (χ0v) is 16.2. The van der Waals surface area contributed by atoms with Gasteiger partial charge in [-0.15, -0.1) is 0 Å². The lowest BCUT2D eigenvalue weighted by Gasteiger charge is -2.14. The van der Waals surface area contributed by atoms with Crippen molar-refractivity contribution in [3.8, 4) is 28.3 Å². The molecule has 29 heavy (non-hydrogen) atoms. The number of hydrogen-bond acceptors (Lipinski definition) is 4. The number of aromatic nitrogens is 4. The SMILES string of the molecule is CC(Oc1ccc(-c2cn(C)cn2)cc1)C(=O)Nc1ncc(-c2ccccc2)[nH]1. The molecule has 0 bridgehead atoms. The predicted molar refractivity (Wildman–Crippen MR) is 111 cm³/mol. The van der Waals surface area contributed by atoms with E-state index in [0.29, 0.717) is 11.7 Å². The van der Waals surface area contributed by atoms with Crippen LogP contribution in [0.3, 0.4) is 0 Å². The van der Waals surface area contributed by atoms with Gasteiger partial charge < -0.3 is 14.3 Å². The summed E-state index contributed by atoms with van der Waals surface area (Å²) < 4.78 is 7.65. The van der Waals surface area contributed by atoms with Crippen LogP contribution >= 0.6 is 0 Å². The number of carbonyl (C=O) groups is 1. The molecule has 7 heteroatoms. The number of imidazole rings is 2. The summed E-state index contributed by atoms with van der Waals surface area (Å²) in [6, 6.07) is 17.3. The first kappa shape index (κ1) is 18.5. The second-order valence-corrected chi connectivity index (χ2v) is 6.71. The fourth-order valence-corrected chi connectivity index (χ4v) is 2.89. The Morgan fingerprint density at radius 2 is 1.83 bits per heavy atom. The third-order valence-electron chi connectivity index (χ3n) is 4.44. The zero-order chi connectivity index (χ0) is 20.2. The summed E-state index contributed by atoms with van der Waals surface area (Å²) >= 11 is 0. The van der Waals surface area contributed by atoms with Gasteiger partial charge >= 0.3 is 0 Å². The van der Waals surface area contributed by atoms with Gasteiger partial charge in [0, 0.05) is 18.8 Å². The molecule has 1 amide bonds. The molecule has 0 saturated carbocycles. The van der Waals surface area contributed by atoms with Crippen molar-refractivity contribution in [3.63, 3.8) is 0 Å². The number of nitrogens with one attached hydrogen (secondary N) is 2. The van der Waals surface area contributed by atoms with Gasteiger partial charge in [0.15, 0.2) is 6.10 Å². The molecule has 7 nitrogen and oxygen atoms in total. The second kappa shape index (κ2) is 8.02. The fourth-order valence-electron chi connectivity index (χ4n) is 2.89. The number of rotatable bonds is 6. The molecule has 1 unspecified atom stereocenters. The van der Waals surface area contributed by atoms with Crippen LogP contribution in [0.4, 0.5) is 5.95 Å². The van der Waals surface area contributed by atoms with Crippen molar-refractivity contribution in [2.24, 2.45) is 7.05 Å². The van der Waals surface area contributed by atoms with Crippen LogP contribution in [0.25, 0.3) is 22.5 Å². The normalized spacial score (nSPS) is 11.8. The second-order valence-electron chi connectivity index (χ2n) is 6.71. The molecule has 2 aromatic carbocycles. The first-order valence-electron chi connectivity index (χ1n) is 9.25. The van der Waals surface area contributed by atoms with Crippen LogP contribution in [0, 0.1) is 0 Å². The van der Waals surface area contributed by atoms with E-state index < -0.39 is 6.10 Å². The zero-order valence-electron chi connectivity index (χ0n) is 16.2. The standard InChI is InChI=1S/C22H21N5O2/c1-15(29-18-10-8-17(9-11-18)20-13-27(2)14-24-20)21(28)26-22-23-12-19(25-22)16-6-4-3-5-7-16/h3-15H,1-2H3,(H2,23,25,26,28). The van der Waals surface area contributed by atoms with Gasteiger partial charge in [-0.05, 0) is 36.8 Å². The molecule has 0 aliphatic rings. The Kier molecular flexibility index (Phi) is 5.11. The third kappa shape index (κ3) is 4.35. The van der Waals surface area contributed by atoms with Crippen molar-refractivity contribution in [2.75, 3.05) is 5.32 Å². The molecule has 0 saturated heterocycles. The number of carbonyl (C=O) groups excluding carboxylic acids is 1. The molecule has 2 N–H and O–H groups in total. The molecule has 0 aliphatic carbocycles. The highest BCUT2D eigenvalue weighted by atomic mass is 16.5. The maximum Gasteiger partial charge on any atom is 0.267 e. The highest BCUT2D eigenvalue weighted by Gasteiger charge is 2.16. The Morgan fingerprint density at radius 3 is 2.52 bits per heavy atom. The quantitative estimate of drug-likeness (QED) is 0.526. The summed E-state index contributed by atoms with van der Waals surface area (Å²) in [7, 11) is 1.93. The maximum atomic E-state index is 12.4. The molecule has 2 aromatic heterocycles. The minimum Gasteiger partial charge on any atom is -0.481 e. The van der Waals surface area contributed by atoms with E-state index in [0.717, 1.165) is 22.5 Å². The molecular weight excluding hydrogens is 366 g/mol. The Hall–Kier alpha value is -3.87. The van der Waals surface area contributed by atoms with Crippen LogP contribution in [0.1, 0.15) is 6.92 Å². The molecule has 1 atom stereocenters. The van der Waals surface area contributed by atoms with E-state index in [2.05, 4.69) is 20.3 Å². The van der Waals surface area contributed by atoms with Crippen molar-refractivity contribution < 1.29 is 9.53 Å². The smallest absolute Gasteiger partial charge is 0.267 e. The van der Waals surface area contributed by atoms with Gasteiger partial charge in [0.25, 0.3) is 5.91 Å². The number of amides is 1. The maximum absolute atomic E-state index is 12.4. The summed E-state index contributed by atoms with van der Waals surface area (Å²) in [4.78, 5) is 24.1. The van der Waals surface area contributed by atoms with Crippen molar-refractivity contribution >= 4 is 11.9 Å². The molecule has 2 heterocycles. The number of aromatic amines is 1. The molecule has 0 spiro atoms. The molecule has 4 rings (SSSR count). The summed E-state index contributed by atoms with van der Waals surface area (Å²) in [5.41, 5.74) is 3.70. The number of nitrogens with zero attached hydrogens (tertiary/aromatic N) is 3. The van der Waals surface area contributed by atoms with E-state index in [4.69, 9.17) is 4.74 Å². The van der Waals surface area contributed by atoms with Gasteiger partial charge in [-0.25, -0.2) is 9.97 Å². The molecule has 0 fully saturated rings. The summed E-state index contributed by atoms with van der Waals surface area (Å²) in [5, 5.41) is 2.75. The van der Waals surface area contributed by atoms with Gasteiger partial charge in [0.2, 0.25) is 5.95 Å². The van der Waals surface area contributed by atoms with Crippen LogP contribution < -0.4 is 10.1 Å². The van der Waals surface area contributed by atoms with E-state index in [1.54, 1.807) is 19.4 Å². The molecule has 0 radical (unpaired) electrons. The number of benzene rings is 2. The molecule has 146 valence electrons. The first-order chi connectivity index (χ1) is 14.1. The Morgan fingerprint density at radius 1 is 1.07 bits per heavy atom. The average Bonchev–Trinajstić information content (AvgIpc) is 3.38. The number of aryl methyl sites for hydroxylation is 1. The minimum atomic E-state index is -0.680. The average molecular weight is 387 g/mol. The van der Waals surface area contributed by atoms with Crippen LogP contribution in [-0.2, 0) is 11.8 Å². The van der Waals surface area contributed by atoms with E-state index in [-0.39, 0.29) is 5.91 Å². The first-order valence-corrected chi connectivity index (χ1v) is 9.25. The van der Waals surface area contributed by atoms with E-state index in [1.165, 1.54) is 0 Å². The van der Waals surface area contributed by atoms with Crippen LogP contribution in [-0.4, -0.2) is 31.5 Å². The van der Waals surface area contributed by atoms with E-state index in [1.807, 2.05) is 72.4 Å². The van der Waals surface area contributed by atoms with Gasteiger partial charge in [0.05, 0.1) is 23.9 Å². The van der Waals surface area contributed by atoms with Gasteiger partial charge in [-0.2, -0.15) is 0 Å². The third-order valence-corrected chi connectivity index (χ3v) is 4.44. The largest absolute Gasteiger partial charge is 0.481 e. The van der Waals surface area contributed by atoms with Crippen molar-refractivity contribution in [1.82, 2.24) is 19.5 Å². The molecule has 4 aromatic rings. The van der Waals surface area contributed by atoms with Crippen molar-refractivity contribution in [1.29, 1.82) is 0 Å².